The Morgan fingerprint density at radius 2 is 2.20 bits per heavy atom. The third kappa shape index (κ3) is 7.30. The van der Waals surface area contributed by atoms with Crippen LogP contribution in [-0.2, 0) is 19.0 Å². The third-order valence-electron chi connectivity index (χ3n) is 1.62. The predicted molar refractivity (Wildman–Crippen MR) is 54.3 cm³/mol. The molecule has 0 aromatic rings. The van der Waals surface area contributed by atoms with Gasteiger partial charge in [-0.05, 0) is 20.8 Å². The van der Waals surface area contributed by atoms with Crippen LogP contribution in [0.3, 0.4) is 0 Å². The van der Waals surface area contributed by atoms with Gasteiger partial charge in [0, 0.05) is 6.92 Å². The Morgan fingerprint density at radius 1 is 1.60 bits per heavy atom. The lowest BCUT2D eigenvalue weighted by atomic mass is 10.4. The zero-order chi connectivity index (χ0) is 11.9. The number of aliphatic hydroxyl groups is 1. The molecule has 1 unspecified atom stereocenters. The van der Waals surface area contributed by atoms with Crippen molar-refractivity contribution < 1.29 is 24.1 Å². The largest absolute Gasteiger partial charge is 0.466 e. The van der Waals surface area contributed by atoms with E-state index < -0.39 is 5.79 Å². The number of esters is 1. The van der Waals surface area contributed by atoms with E-state index in [-0.39, 0.29) is 18.7 Å². The monoisotopic (exact) mass is 220 g/mol. The highest BCUT2D eigenvalue weighted by molar-refractivity contribution is 5.65. The minimum atomic E-state index is -0.493. The number of rotatable bonds is 2. The minimum Gasteiger partial charge on any atom is -0.466 e. The molecule has 1 rings (SSSR count). The highest BCUT2D eigenvalue weighted by Gasteiger charge is 2.31. The summed E-state index contributed by atoms with van der Waals surface area (Å²) in [5, 5.41) is 8.59. The van der Waals surface area contributed by atoms with Gasteiger partial charge in [-0.2, -0.15) is 0 Å². The van der Waals surface area contributed by atoms with E-state index in [1.165, 1.54) is 6.92 Å². The number of ether oxygens (including phenoxy) is 3. The van der Waals surface area contributed by atoms with E-state index in [2.05, 4.69) is 4.74 Å². The van der Waals surface area contributed by atoms with Gasteiger partial charge in [-0.3, -0.25) is 4.79 Å². The van der Waals surface area contributed by atoms with Crippen LogP contribution >= 0.6 is 0 Å². The predicted octanol–water partition coefficient (Wildman–Crippen LogP) is 0.700. The molecule has 0 aromatic carbocycles. The molecule has 5 heteroatoms. The average molecular weight is 220 g/mol. The second kappa shape index (κ2) is 6.76. The molecule has 1 N–H and O–H groups in total. The van der Waals surface area contributed by atoms with Crippen molar-refractivity contribution in [1.29, 1.82) is 0 Å². The lowest BCUT2D eigenvalue weighted by Gasteiger charge is -2.15. The molecule has 1 fully saturated rings. The number of hydrogen-bond acceptors (Lipinski definition) is 5. The Bertz CT molecular complexity index is 190. The topological polar surface area (TPSA) is 65.0 Å². The Kier molecular flexibility index (Phi) is 6.47. The van der Waals surface area contributed by atoms with E-state index in [9.17, 15) is 4.79 Å². The van der Waals surface area contributed by atoms with Gasteiger partial charge in [0.1, 0.15) is 6.10 Å². The summed E-state index contributed by atoms with van der Waals surface area (Å²) in [5.74, 6) is -0.703. The summed E-state index contributed by atoms with van der Waals surface area (Å²) in [6.07, 6.45) is -0.125. The van der Waals surface area contributed by atoms with Crippen LogP contribution in [0.1, 0.15) is 27.7 Å². The SMILES string of the molecule is CC1(C)OCC(CO)O1.CCOC(C)=O. The highest BCUT2D eigenvalue weighted by Crippen LogP contribution is 2.21. The summed E-state index contributed by atoms with van der Waals surface area (Å²) in [6, 6.07) is 0. The fraction of sp³-hybridized carbons (Fsp3) is 0.900. The molecule has 0 aromatic heterocycles. The Hall–Kier alpha value is -0.650. The molecule has 0 spiro atoms. The van der Waals surface area contributed by atoms with E-state index in [0.717, 1.165) is 0 Å². The fourth-order valence-corrected chi connectivity index (χ4v) is 1.06. The van der Waals surface area contributed by atoms with E-state index in [1.54, 1.807) is 6.92 Å². The second-order valence-electron chi connectivity index (χ2n) is 3.56. The van der Waals surface area contributed by atoms with Gasteiger partial charge in [0.25, 0.3) is 0 Å². The maximum Gasteiger partial charge on any atom is 0.302 e. The van der Waals surface area contributed by atoms with Crippen molar-refractivity contribution in [2.45, 2.75) is 39.6 Å². The van der Waals surface area contributed by atoms with Crippen molar-refractivity contribution in [2.75, 3.05) is 19.8 Å². The minimum absolute atomic E-state index is 0.0451. The van der Waals surface area contributed by atoms with Crippen LogP contribution in [0.2, 0.25) is 0 Å². The van der Waals surface area contributed by atoms with Gasteiger partial charge in [0.15, 0.2) is 5.79 Å². The van der Waals surface area contributed by atoms with Gasteiger partial charge in [-0.1, -0.05) is 0 Å². The second-order valence-corrected chi connectivity index (χ2v) is 3.56. The molecule has 1 atom stereocenters. The van der Waals surface area contributed by atoms with Crippen molar-refractivity contribution in [2.24, 2.45) is 0 Å². The first-order valence-corrected chi connectivity index (χ1v) is 4.97. The molecule has 1 aliphatic rings. The molecule has 0 saturated carbocycles. The number of carbonyl (C=O) groups excluding carboxylic acids is 1. The molecule has 0 amide bonds. The molecule has 1 saturated heterocycles. The maximum absolute atomic E-state index is 9.82. The summed E-state index contributed by atoms with van der Waals surface area (Å²) >= 11 is 0. The van der Waals surface area contributed by atoms with E-state index in [1.807, 2.05) is 13.8 Å². The average Bonchev–Trinajstić information content (AvgIpc) is 2.46. The zero-order valence-electron chi connectivity index (χ0n) is 9.78. The summed E-state index contributed by atoms with van der Waals surface area (Å²) in [5.41, 5.74) is 0. The van der Waals surface area contributed by atoms with Gasteiger partial charge < -0.3 is 19.3 Å². The van der Waals surface area contributed by atoms with Crippen LogP contribution in [0.15, 0.2) is 0 Å². The van der Waals surface area contributed by atoms with Crippen molar-refractivity contribution in [3.8, 4) is 0 Å². The molecule has 90 valence electrons. The van der Waals surface area contributed by atoms with E-state index in [4.69, 9.17) is 14.6 Å². The van der Waals surface area contributed by atoms with E-state index in [0.29, 0.717) is 13.2 Å². The van der Waals surface area contributed by atoms with Gasteiger partial charge in [-0.15, -0.1) is 0 Å². The van der Waals surface area contributed by atoms with Crippen LogP contribution in [0.5, 0.6) is 0 Å². The highest BCUT2D eigenvalue weighted by atomic mass is 16.7. The number of carbonyl (C=O) groups is 1. The number of aliphatic hydroxyl groups excluding tert-OH is 1. The standard InChI is InChI=1S/C6H12O3.C4H8O2/c1-6(2)8-4-5(3-7)9-6;1-3-6-4(2)5/h5,7H,3-4H2,1-2H3;3H2,1-2H3. The first-order chi connectivity index (χ1) is 6.91. The summed E-state index contributed by atoms with van der Waals surface area (Å²) in [7, 11) is 0. The summed E-state index contributed by atoms with van der Waals surface area (Å²) < 4.78 is 14.8. The van der Waals surface area contributed by atoms with Crippen LogP contribution in [0, 0.1) is 0 Å². The van der Waals surface area contributed by atoms with E-state index >= 15 is 0 Å². The lowest BCUT2D eigenvalue weighted by molar-refractivity contribution is -0.142. The van der Waals surface area contributed by atoms with Crippen LogP contribution < -0.4 is 0 Å². The van der Waals surface area contributed by atoms with Crippen molar-refractivity contribution in [1.82, 2.24) is 0 Å². The molecule has 5 nitrogen and oxygen atoms in total. The molecule has 0 radical (unpaired) electrons. The smallest absolute Gasteiger partial charge is 0.302 e. The van der Waals surface area contributed by atoms with Gasteiger partial charge in [0.05, 0.1) is 19.8 Å². The molecule has 15 heavy (non-hydrogen) atoms. The van der Waals surface area contributed by atoms with Crippen molar-refractivity contribution >= 4 is 5.97 Å². The molecular weight excluding hydrogens is 200 g/mol. The third-order valence-corrected chi connectivity index (χ3v) is 1.62. The quantitative estimate of drug-likeness (QED) is 0.694. The Balaban J connectivity index is 0.000000288. The molecule has 1 aliphatic heterocycles. The maximum atomic E-state index is 9.82. The lowest BCUT2D eigenvalue weighted by Crippen LogP contribution is -2.22. The molecule has 0 aliphatic carbocycles. The first-order valence-electron chi connectivity index (χ1n) is 4.97. The first kappa shape index (κ1) is 14.3. The van der Waals surface area contributed by atoms with Gasteiger partial charge >= 0.3 is 5.97 Å². The van der Waals surface area contributed by atoms with Crippen LogP contribution in [0.25, 0.3) is 0 Å². The van der Waals surface area contributed by atoms with Crippen molar-refractivity contribution in [3.63, 3.8) is 0 Å². The van der Waals surface area contributed by atoms with Gasteiger partial charge in [0.2, 0.25) is 0 Å². The van der Waals surface area contributed by atoms with Crippen molar-refractivity contribution in [3.05, 3.63) is 0 Å². The summed E-state index contributed by atoms with van der Waals surface area (Å²) in [6.45, 7) is 7.87. The van der Waals surface area contributed by atoms with Crippen LogP contribution in [-0.4, -0.2) is 42.8 Å². The molecule has 1 heterocycles. The number of hydrogen-bond donors (Lipinski definition) is 1. The molecule has 0 bridgehead atoms. The Labute approximate surface area is 90.3 Å². The zero-order valence-corrected chi connectivity index (χ0v) is 9.78. The fourth-order valence-electron chi connectivity index (χ4n) is 1.06. The normalized spacial score (nSPS) is 22.9. The van der Waals surface area contributed by atoms with Crippen LogP contribution in [0.4, 0.5) is 0 Å². The molecular formula is C10H20O5. The Morgan fingerprint density at radius 3 is 2.33 bits per heavy atom. The summed E-state index contributed by atoms with van der Waals surface area (Å²) in [4.78, 5) is 9.82. The van der Waals surface area contributed by atoms with Gasteiger partial charge in [-0.25, -0.2) is 0 Å².